The number of anilines is 2. The van der Waals surface area contributed by atoms with Crippen LogP contribution in [0.3, 0.4) is 0 Å². The summed E-state index contributed by atoms with van der Waals surface area (Å²) in [6.07, 6.45) is 1.97. The lowest BCUT2D eigenvalue weighted by molar-refractivity contribution is 0.545. The normalized spacial score (nSPS) is 17.7. The Kier molecular flexibility index (Phi) is 5.52. The summed E-state index contributed by atoms with van der Waals surface area (Å²) in [6, 6.07) is 5.02. The Balaban J connectivity index is 1.81. The molecule has 1 aliphatic rings. The van der Waals surface area contributed by atoms with E-state index in [0.29, 0.717) is 47.0 Å². The van der Waals surface area contributed by atoms with Crippen LogP contribution in [0, 0.1) is 5.92 Å². The molecule has 2 aromatic rings. The SMILES string of the molecule is CS(=O)(=O)NCC1CCN(c2nc(N)nc(-c3cc(Cl)ccc3Cl)n2)C1. The van der Waals surface area contributed by atoms with Crippen LogP contribution in [0.1, 0.15) is 6.42 Å². The first-order valence-corrected chi connectivity index (χ1v) is 10.5. The monoisotopic (exact) mass is 416 g/mol. The number of nitrogen functional groups attached to an aromatic ring is 1. The van der Waals surface area contributed by atoms with Gasteiger partial charge in [0.25, 0.3) is 0 Å². The number of rotatable bonds is 5. The number of aromatic nitrogens is 3. The largest absolute Gasteiger partial charge is 0.368 e. The summed E-state index contributed by atoms with van der Waals surface area (Å²) in [5.41, 5.74) is 6.42. The van der Waals surface area contributed by atoms with Gasteiger partial charge in [0.2, 0.25) is 21.9 Å². The average molecular weight is 417 g/mol. The predicted octanol–water partition coefficient (Wildman–Crippen LogP) is 1.80. The number of nitrogens with zero attached hydrogens (tertiary/aromatic N) is 4. The van der Waals surface area contributed by atoms with Gasteiger partial charge in [0.1, 0.15) is 0 Å². The molecule has 0 radical (unpaired) electrons. The van der Waals surface area contributed by atoms with Gasteiger partial charge in [-0.15, -0.1) is 0 Å². The molecule has 0 spiro atoms. The molecule has 26 heavy (non-hydrogen) atoms. The first-order chi connectivity index (χ1) is 12.2. The highest BCUT2D eigenvalue weighted by molar-refractivity contribution is 7.88. The van der Waals surface area contributed by atoms with Crippen molar-refractivity contribution in [3.63, 3.8) is 0 Å². The van der Waals surface area contributed by atoms with E-state index >= 15 is 0 Å². The molecule has 0 bridgehead atoms. The molecule has 1 aromatic carbocycles. The molecule has 0 aliphatic carbocycles. The Morgan fingerprint density at radius 3 is 2.81 bits per heavy atom. The van der Waals surface area contributed by atoms with Gasteiger partial charge in [-0.05, 0) is 30.5 Å². The molecular formula is C15H18Cl2N6O2S. The standard InChI is InChI=1S/C15H18Cl2N6O2S/c1-26(24,25)19-7-9-4-5-23(8-9)15-21-13(20-14(18)22-15)11-6-10(16)2-3-12(11)17/h2-3,6,9,19H,4-5,7-8H2,1H3,(H2,18,20,21,22). The Bertz CT molecular complexity index is 924. The maximum Gasteiger partial charge on any atom is 0.230 e. The molecule has 1 fully saturated rings. The van der Waals surface area contributed by atoms with Gasteiger partial charge in [0, 0.05) is 30.2 Å². The van der Waals surface area contributed by atoms with E-state index in [9.17, 15) is 8.42 Å². The maximum absolute atomic E-state index is 11.2. The van der Waals surface area contributed by atoms with Gasteiger partial charge in [-0.1, -0.05) is 23.2 Å². The van der Waals surface area contributed by atoms with Crippen molar-refractivity contribution in [2.24, 2.45) is 5.92 Å². The van der Waals surface area contributed by atoms with Crippen molar-refractivity contribution in [2.75, 3.05) is 36.5 Å². The van der Waals surface area contributed by atoms with Crippen LogP contribution < -0.4 is 15.4 Å². The highest BCUT2D eigenvalue weighted by Gasteiger charge is 2.26. The van der Waals surface area contributed by atoms with E-state index in [1.807, 2.05) is 4.90 Å². The Hall–Kier alpha value is -1.68. The van der Waals surface area contributed by atoms with E-state index in [1.165, 1.54) is 0 Å². The molecule has 0 saturated carbocycles. The summed E-state index contributed by atoms with van der Waals surface area (Å²) < 4.78 is 25.0. The molecule has 3 N–H and O–H groups in total. The first-order valence-electron chi connectivity index (χ1n) is 7.88. The van der Waals surface area contributed by atoms with Crippen molar-refractivity contribution < 1.29 is 8.42 Å². The van der Waals surface area contributed by atoms with Crippen molar-refractivity contribution in [3.8, 4) is 11.4 Å². The minimum absolute atomic E-state index is 0.0822. The van der Waals surface area contributed by atoms with Crippen molar-refractivity contribution in [3.05, 3.63) is 28.2 Å². The number of benzene rings is 1. The fourth-order valence-corrected chi connectivity index (χ4v) is 3.67. The molecule has 1 saturated heterocycles. The van der Waals surface area contributed by atoms with Crippen LogP contribution in [0.2, 0.25) is 10.0 Å². The zero-order valence-corrected chi connectivity index (χ0v) is 16.3. The summed E-state index contributed by atoms with van der Waals surface area (Å²) in [4.78, 5) is 14.8. The topological polar surface area (TPSA) is 114 Å². The quantitative estimate of drug-likeness (QED) is 0.763. The Morgan fingerprint density at radius 2 is 2.08 bits per heavy atom. The second-order valence-electron chi connectivity index (χ2n) is 6.16. The molecule has 1 atom stereocenters. The summed E-state index contributed by atoms with van der Waals surface area (Å²) >= 11 is 12.3. The third-order valence-corrected chi connectivity index (χ3v) is 5.27. The van der Waals surface area contributed by atoms with Gasteiger partial charge >= 0.3 is 0 Å². The number of sulfonamides is 1. The highest BCUT2D eigenvalue weighted by atomic mass is 35.5. The Morgan fingerprint density at radius 1 is 1.31 bits per heavy atom. The molecule has 1 unspecified atom stereocenters. The minimum atomic E-state index is -3.21. The molecule has 1 aliphatic heterocycles. The molecular weight excluding hydrogens is 399 g/mol. The van der Waals surface area contributed by atoms with Gasteiger partial charge in [-0.2, -0.15) is 15.0 Å². The lowest BCUT2D eigenvalue weighted by Crippen LogP contribution is -2.30. The third-order valence-electron chi connectivity index (χ3n) is 4.01. The number of hydrogen-bond acceptors (Lipinski definition) is 7. The van der Waals surface area contributed by atoms with Crippen LogP contribution >= 0.6 is 23.2 Å². The zero-order chi connectivity index (χ0) is 18.9. The summed E-state index contributed by atoms with van der Waals surface area (Å²) in [5.74, 6) is 1.03. The molecule has 2 heterocycles. The lowest BCUT2D eigenvalue weighted by atomic mass is 10.1. The maximum atomic E-state index is 11.2. The first kappa shape index (κ1) is 19.1. The fraction of sp³-hybridized carbons (Fsp3) is 0.400. The van der Waals surface area contributed by atoms with Gasteiger partial charge in [-0.25, -0.2) is 13.1 Å². The second kappa shape index (κ2) is 7.51. The van der Waals surface area contributed by atoms with Crippen LogP contribution in [-0.2, 0) is 10.0 Å². The number of nitrogens with two attached hydrogens (primary N) is 1. The number of hydrogen-bond donors (Lipinski definition) is 2. The van der Waals surface area contributed by atoms with E-state index in [-0.39, 0.29) is 11.9 Å². The molecule has 140 valence electrons. The van der Waals surface area contributed by atoms with Crippen LogP contribution in [0.15, 0.2) is 18.2 Å². The molecule has 0 amide bonds. The van der Waals surface area contributed by atoms with Crippen LogP contribution in [0.25, 0.3) is 11.4 Å². The smallest absolute Gasteiger partial charge is 0.230 e. The van der Waals surface area contributed by atoms with Gasteiger partial charge < -0.3 is 10.6 Å². The van der Waals surface area contributed by atoms with Gasteiger partial charge in [-0.3, -0.25) is 0 Å². The molecule has 11 heteroatoms. The fourth-order valence-electron chi connectivity index (χ4n) is 2.76. The number of halogens is 2. The molecule has 8 nitrogen and oxygen atoms in total. The van der Waals surface area contributed by atoms with Crippen molar-refractivity contribution >= 4 is 45.1 Å². The van der Waals surface area contributed by atoms with E-state index in [4.69, 9.17) is 28.9 Å². The van der Waals surface area contributed by atoms with E-state index in [1.54, 1.807) is 18.2 Å². The van der Waals surface area contributed by atoms with Crippen LogP contribution in [0.5, 0.6) is 0 Å². The van der Waals surface area contributed by atoms with Gasteiger partial charge in [0.15, 0.2) is 5.82 Å². The number of nitrogens with one attached hydrogen (secondary N) is 1. The van der Waals surface area contributed by atoms with Crippen molar-refractivity contribution in [2.45, 2.75) is 6.42 Å². The lowest BCUT2D eigenvalue weighted by Gasteiger charge is -2.17. The second-order valence-corrected chi connectivity index (χ2v) is 8.84. The van der Waals surface area contributed by atoms with Crippen LogP contribution in [0.4, 0.5) is 11.9 Å². The summed E-state index contributed by atoms with van der Waals surface area (Å²) in [7, 11) is -3.21. The van der Waals surface area contributed by atoms with E-state index in [2.05, 4.69) is 19.7 Å². The third kappa shape index (κ3) is 4.73. The summed E-state index contributed by atoms with van der Waals surface area (Å²) in [5, 5.41) is 0.973. The van der Waals surface area contributed by atoms with Crippen molar-refractivity contribution in [1.29, 1.82) is 0 Å². The summed E-state index contributed by atoms with van der Waals surface area (Å²) in [6.45, 7) is 1.69. The van der Waals surface area contributed by atoms with E-state index in [0.717, 1.165) is 12.7 Å². The highest BCUT2D eigenvalue weighted by Crippen LogP contribution is 2.30. The average Bonchev–Trinajstić information content (AvgIpc) is 3.03. The van der Waals surface area contributed by atoms with E-state index < -0.39 is 10.0 Å². The molecule has 3 rings (SSSR count). The van der Waals surface area contributed by atoms with Crippen LogP contribution in [-0.4, -0.2) is 49.3 Å². The minimum Gasteiger partial charge on any atom is -0.368 e. The zero-order valence-electron chi connectivity index (χ0n) is 14.0. The van der Waals surface area contributed by atoms with Crippen molar-refractivity contribution in [1.82, 2.24) is 19.7 Å². The molecule has 1 aromatic heterocycles. The predicted molar refractivity (Wildman–Crippen MR) is 103 cm³/mol. The van der Waals surface area contributed by atoms with Gasteiger partial charge in [0.05, 0.1) is 11.3 Å². The Labute approximate surface area is 161 Å².